The minimum atomic E-state index is -1.68. The van der Waals surface area contributed by atoms with Gasteiger partial charge in [0, 0.05) is 0 Å². The molecule has 1 rings (SSSR count). The molecule has 6 heteroatoms. The van der Waals surface area contributed by atoms with Crippen LogP contribution in [0.4, 0.5) is 0 Å². The number of Topliss-reactive ketones (excluding diaryl/α,β-unsaturated/α-hetero) is 1. The summed E-state index contributed by atoms with van der Waals surface area (Å²) in [5.74, 6) is -0.418. The van der Waals surface area contributed by atoms with Gasteiger partial charge in [-0.2, -0.15) is 0 Å². The lowest BCUT2D eigenvalue weighted by atomic mass is 10.1. The second-order valence-electron chi connectivity index (χ2n) is 3.16. The summed E-state index contributed by atoms with van der Waals surface area (Å²) in [6.07, 6.45) is -1.68. The topological polar surface area (TPSA) is 78.7 Å². The molecule has 0 heterocycles. The summed E-state index contributed by atoms with van der Waals surface area (Å²) >= 11 is 0. The van der Waals surface area contributed by atoms with E-state index in [0.717, 1.165) is 0 Å². The van der Waals surface area contributed by atoms with Crippen molar-refractivity contribution in [2.45, 2.75) is 13.2 Å². The molecule has 0 spiro atoms. The number of methoxy groups -OCH3 is 1. The summed E-state index contributed by atoms with van der Waals surface area (Å²) < 4.78 is 9.79. The minimum Gasteiger partial charge on any atom is -0.496 e. The number of benzene rings is 1. The predicted octanol–water partition coefficient (Wildman–Crippen LogP) is 1.52. The highest BCUT2D eigenvalue weighted by molar-refractivity contribution is 6.00. The first-order chi connectivity index (χ1) is 8.11. The van der Waals surface area contributed by atoms with Crippen molar-refractivity contribution in [2.24, 2.45) is 0 Å². The molecule has 1 aromatic carbocycles. The second kappa shape index (κ2) is 5.95. The van der Waals surface area contributed by atoms with E-state index in [4.69, 9.17) is 9.47 Å². The van der Waals surface area contributed by atoms with Crippen molar-refractivity contribution >= 4 is 5.78 Å². The number of ether oxygens (including phenoxy) is 2. The van der Waals surface area contributed by atoms with Crippen LogP contribution in [-0.4, -0.2) is 30.7 Å². The van der Waals surface area contributed by atoms with Gasteiger partial charge >= 0.3 is 6.23 Å². The first-order valence-electron chi connectivity index (χ1n) is 5.04. The summed E-state index contributed by atoms with van der Waals surface area (Å²) in [6, 6.07) is 6.32. The average Bonchev–Trinajstić information content (AvgIpc) is 2.34. The third-order valence-electron chi connectivity index (χ3n) is 2.11. The molecular formula is C11H13NO5. The fourth-order valence-corrected chi connectivity index (χ4v) is 1.37. The van der Waals surface area contributed by atoms with Crippen molar-refractivity contribution in [3.8, 4) is 5.75 Å². The summed E-state index contributed by atoms with van der Waals surface area (Å²) in [6.45, 7) is 1.68. The first kappa shape index (κ1) is 13.1. The van der Waals surface area contributed by atoms with Crippen LogP contribution in [0.2, 0.25) is 0 Å². The molecule has 1 atom stereocenters. The smallest absolute Gasteiger partial charge is 0.379 e. The van der Waals surface area contributed by atoms with E-state index < -0.39 is 16.9 Å². The number of carbonyl (C=O) groups excluding carboxylic acids is 1. The van der Waals surface area contributed by atoms with Gasteiger partial charge in [-0.1, -0.05) is 12.1 Å². The van der Waals surface area contributed by atoms with Gasteiger partial charge < -0.3 is 9.47 Å². The monoisotopic (exact) mass is 239 g/mol. The van der Waals surface area contributed by atoms with Gasteiger partial charge in [-0.05, 0) is 19.1 Å². The molecular weight excluding hydrogens is 226 g/mol. The second-order valence-corrected chi connectivity index (χ2v) is 3.16. The van der Waals surface area contributed by atoms with Crippen LogP contribution >= 0.6 is 0 Å². The molecule has 0 saturated carbocycles. The average molecular weight is 239 g/mol. The van der Waals surface area contributed by atoms with Crippen LogP contribution in [0.1, 0.15) is 17.3 Å². The number of nitrogens with zero attached hydrogens (tertiary/aromatic N) is 1. The lowest BCUT2D eigenvalue weighted by molar-refractivity contribution is -0.555. The molecule has 0 aliphatic carbocycles. The van der Waals surface area contributed by atoms with Crippen molar-refractivity contribution in [3.05, 3.63) is 39.9 Å². The summed E-state index contributed by atoms with van der Waals surface area (Å²) in [5.41, 5.74) is 0.144. The fraction of sp³-hybridized carbons (Fsp3) is 0.364. The Balaban J connectivity index is 3.04. The molecule has 0 amide bonds. The van der Waals surface area contributed by atoms with E-state index in [-0.39, 0.29) is 12.2 Å². The van der Waals surface area contributed by atoms with Crippen LogP contribution in [0.15, 0.2) is 24.3 Å². The van der Waals surface area contributed by atoms with E-state index in [2.05, 4.69) is 0 Å². The van der Waals surface area contributed by atoms with Crippen LogP contribution in [-0.2, 0) is 4.74 Å². The van der Waals surface area contributed by atoms with E-state index in [1.807, 2.05) is 0 Å². The largest absolute Gasteiger partial charge is 0.496 e. The molecule has 0 bridgehead atoms. The molecule has 1 aromatic rings. The molecule has 17 heavy (non-hydrogen) atoms. The minimum absolute atomic E-state index is 0.0898. The quantitative estimate of drug-likeness (QED) is 0.325. The fourth-order valence-electron chi connectivity index (χ4n) is 1.37. The molecule has 0 aliphatic rings. The molecule has 0 fully saturated rings. The Bertz CT molecular complexity index is 418. The lowest BCUT2D eigenvalue weighted by Gasteiger charge is -2.10. The number of nitro groups is 1. The summed E-state index contributed by atoms with van der Waals surface area (Å²) in [4.78, 5) is 21.9. The van der Waals surface area contributed by atoms with Crippen molar-refractivity contribution < 1.29 is 19.2 Å². The summed E-state index contributed by atoms with van der Waals surface area (Å²) in [7, 11) is 1.40. The van der Waals surface area contributed by atoms with Gasteiger partial charge in [0.25, 0.3) is 5.78 Å². The SMILES string of the molecule is CCOC(C(=O)c1ccccc1OC)[N+](=O)[O-]. The van der Waals surface area contributed by atoms with Crippen LogP contribution in [0.25, 0.3) is 0 Å². The van der Waals surface area contributed by atoms with Gasteiger partial charge in [0.2, 0.25) is 0 Å². The lowest BCUT2D eigenvalue weighted by Crippen LogP contribution is -2.32. The van der Waals surface area contributed by atoms with Crippen LogP contribution in [0, 0.1) is 10.1 Å². The Morgan fingerprint density at radius 3 is 2.65 bits per heavy atom. The molecule has 1 unspecified atom stereocenters. The highest BCUT2D eigenvalue weighted by Crippen LogP contribution is 2.20. The molecule has 92 valence electrons. The maximum Gasteiger partial charge on any atom is 0.379 e. The van der Waals surface area contributed by atoms with E-state index in [0.29, 0.717) is 5.75 Å². The zero-order chi connectivity index (χ0) is 12.8. The van der Waals surface area contributed by atoms with E-state index in [9.17, 15) is 14.9 Å². The highest BCUT2D eigenvalue weighted by Gasteiger charge is 2.32. The van der Waals surface area contributed by atoms with Crippen molar-refractivity contribution in [2.75, 3.05) is 13.7 Å². The molecule has 0 radical (unpaired) electrons. The highest BCUT2D eigenvalue weighted by atomic mass is 16.7. The van der Waals surface area contributed by atoms with Gasteiger partial charge in [-0.3, -0.25) is 14.9 Å². The Hall–Kier alpha value is -1.95. The van der Waals surface area contributed by atoms with Crippen molar-refractivity contribution in [1.82, 2.24) is 0 Å². The molecule has 0 aliphatic heterocycles. The molecule has 0 saturated heterocycles. The van der Waals surface area contributed by atoms with E-state index in [1.165, 1.54) is 13.2 Å². The van der Waals surface area contributed by atoms with Gasteiger partial charge in [-0.25, -0.2) is 0 Å². The third kappa shape index (κ3) is 3.01. The zero-order valence-electron chi connectivity index (χ0n) is 9.58. The third-order valence-corrected chi connectivity index (χ3v) is 2.11. The van der Waals surface area contributed by atoms with Crippen molar-refractivity contribution in [3.63, 3.8) is 0 Å². The van der Waals surface area contributed by atoms with Crippen LogP contribution < -0.4 is 4.74 Å². The normalized spacial score (nSPS) is 11.9. The van der Waals surface area contributed by atoms with Gasteiger partial charge in [-0.15, -0.1) is 0 Å². The number of rotatable bonds is 6. The molecule has 0 aromatic heterocycles. The maximum absolute atomic E-state index is 11.9. The number of hydrogen-bond acceptors (Lipinski definition) is 5. The Morgan fingerprint density at radius 1 is 1.47 bits per heavy atom. The van der Waals surface area contributed by atoms with Crippen molar-refractivity contribution in [1.29, 1.82) is 0 Å². The number of hydrogen-bond donors (Lipinski definition) is 0. The number of carbonyl (C=O) groups is 1. The van der Waals surface area contributed by atoms with E-state index >= 15 is 0 Å². The standard InChI is InChI=1S/C11H13NO5/c1-3-17-11(12(14)15)10(13)8-6-4-5-7-9(8)16-2/h4-7,11H,3H2,1-2H3. The van der Waals surface area contributed by atoms with Crippen LogP contribution in [0.3, 0.4) is 0 Å². The summed E-state index contributed by atoms with van der Waals surface area (Å²) in [5, 5.41) is 10.7. The van der Waals surface area contributed by atoms with Crippen LogP contribution in [0.5, 0.6) is 5.75 Å². The Morgan fingerprint density at radius 2 is 2.12 bits per heavy atom. The van der Waals surface area contributed by atoms with Gasteiger partial charge in [0.15, 0.2) is 0 Å². The first-order valence-corrected chi connectivity index (χ1v) is 5.04. The zero-order valence-corrected chi connectivity index (χ0v) is 9.58. The molecule has 0 N–H and O–H groups in total. The maximum atomic E-state index is 11.9. The Kier molecular flexibility index (Phi) is 4.59. The predicted molar refractivity (Wildman–Crippen MR) is 59.7 cm³/mol. The van der Waals surface area contributed by atoms with E-state index in [1.54, 1.807) is 25.1 Å². The molecule has 6 nitrogen and oxygen atoms in total. The van der Waals surface area contributed by atoms with Gasteiger partial charge in [0.1, 0.15) is 5.75 Å². The Labute approximate surface area is 98.3 Å². The van der Waals surface area contributed by atoms with Gasteiger partial charge in [0.05, 0.1) is 24.2 Å². The number of para-hydroxylation sites is 1. The number of ketones is 1.